The maximum Gasteiger partial charge on any atom is 0.251 e. The molecule has 1 aliphatic carbocycles. The molecule has 0 bridgehead atoms. The first-order valence-electron chi connectivity index (χ1n) is 9.24. The highest BCUT2D eigenvalue weighted by atomic mass is 32.2. The molecule has 0 saturated heterocycles. The predicted octanol–water partition coefficient (Wildman–Crippen LogP) is 3.56. The third-order valence-electron chi connectivity index (χ3n) is 5.14. The first-order chi connectivity index (χ1) is 12.8. The molecular weight excluding hydrogens is 360 g/mol. The first-order valence-corrected chi connectivity index (χ1v) is 10.7. The topological polar surface area (TPSA) is 70.2 Å². The standard InChI is InChI=1S/C21H26N2O3S/c1-15-8-13-20(22-21(15)24)19(14-16-6-4-5-7-16)17-9-11-18(12-10-17)27(25,26)23(2)3/h8-14,16H,4-7H2,1-3H3,(H,22,24). The van der Waals surface area contributed by atoms with Crippen LogP contribution >= 0.6 is 0 Å². The van der Waals surface area contributed by atoms with E-state index in [0.717, 1.165) is 29.7 Å². The quantitative estimate of drug-likeness (QED) is 0.854. The minimum Gasteiger partial charge on any atom is -0.322 e. The predicted molar refractivity (Wildman–Crippen MR) is 108 cm³/mol. The van der Waals surface area contributed by atoms with Crippen LogP contribution in [0.4, 0.5) is 0 Å². The molecule has 1 aromatic heterocycles. The summed E-state index contributed by atoms with van der Waals surface area (Å²) < 4.78 is 25.8. The molecule has 0 radical (unpaired) electrons. The Morgan fingerprint density at radius 3 is 2.26 bits per heavy atom. The Morgan fingerprint density at radius 2 is 1.70 bits per heavy atom. The van der Waals surface area contributed by atoms with Gasteiger partial charge in [0, 0.05) is 30.9 Å². The molecule has 1 saturated carbocycles. The van der Waals surface area contributed by atoms with E-state index in [9.17, 15) is 13.2 Å². The lowest BCUT2D eigenvalue weighted by Gasteiger charge is -2.14. The van der Waals surface area contributed by atoms with Crippen molar-refractivity contribution in [3.05, 3.63) is 69.6 Å². The Morgan fingerprint density at radius 1 is 1.07 bits per heavy atom. The van der Waals surface area contributed by atoms with E-state index in [-0.39, 0.29) is 10.5 Å². The van der Waals surface area contributed by atoms with Crippen LogP contribution in [0.15, 0.2) is 52.2 Å². The zero-order valence-electron chi connectivity index (χ0n) is 16.0. The summed E-state index contributed by atoms with van der Waals surface area (Å²) in [4.78, 5) is 15.3. The second-order valence-corrected chi connectivity index (χ2v) is 9.47. The van der Waals surface area contributed by atoms with Crippen LogP contribution < -0.4 is 5.56 Å². The van der Waals surface area contributed by atoms with Crippen molar-refractivity contribution in [2.45, 2.75) is 37.5 Å². The summed E-state index contributed by atoms with van der Waals surface area (Å²) in [5.41, 5.74) is 3.19. The number of aromatic amines is 1. The van der Waals surface area contributed by atoms with Gasteiger partial charge in [0.05, 0.1) is 4.90 Å². The summed E-state index contributed by atoms with van der Waals surface area (Å²) in [6, 6.07) is 10.6. The van der Waals surface area contributed by atoms with Crippen molar-refractivity contribution in [1.29, 1.82) is 0 Å². The lowest BCUT2D eigenvalue weighted by atomic mass is 9.96. The van der Waals surface area contributed by atoms with Gasteiger partial charge in [0.2, 0.25) is 10.0 Å². The molecule has 3 rings (SSSR count). The molecule has 0 atom stereocenters. The van der Waals surface area contributed by atoms with Gasteiger partial charge in [-0.3, -0.25) is 4.79 Å². The third kappa shape index (κ3) is 4.22. The van der Waals surface area contributed by atoms with Crippen LogP contribution in [0.3, 0.4) is 0 Å². The van der Waals surface area contributed by atoms with Crippen LogP contribution in [-0.2, 0) is 10.0 Å². The molecule has 27 heavy (non-hydrogen) atoms. The fourth-order valence-electron chi connectivity index (χ4n) is 3.42. The van der Waals surface area contributed by atoms with E-state index < -0.39 is 10.0 Å². The average molecular weight is 387 g/mol. The fourth-order valence-corrected chi connectivity index (χ4v) is 4.32. The number of allylic oxidation sites excluding steroid dienone is 1. The average Bonchev–Trinajstić information content (AvgIpc) is 3.15. The molecule has 1 N–H and O–H groups in total. The number of sulfonamides is 1. The highest BCUT2D eigenvalue weighted by Crippen LogP contribution is 2.31. The number of hydrogen-bond donors (Lipinski definition) is 1. The molecule has 5 nitrogen and oxygen atoms in total. The van der Waals surface area contributed by atoms with Gasteiger partial charge in [-0.05, 0) is 49.4 Å². The lowest BCUT2D eigenvalue weighted by molar-refractivity contribution is 0.521. The van der Waals surface area contributed by atoms with E-state index in [0.29, 0.717) is 11.5 Å². The van der Waals surface area contributed by atoms with Gasteiger partial charge in [-0.2, -0.15) is 0 Å². The summed E-state index contributed by atoms with van der Waals surface area (Å²) >= 11 is 0. The number of benzene rings is 1. The van der Waals surface area contributed by atoms with Crippen LogP contribution in [0, 0.1) is 12.8 Å². The van der Waals surface area contributed by atoms with Gasteiger partial charge < -0.3 is 4.98 Å². The number of nitrogens with one attached hydrogen (secondary N) is 1. The second kappa shape index (κ2) is 7.82. The number of H-pyrrole nitrogens is 1. The highest BCUT2D eigenvalue weighted by Gasteiger charge is 2.19. The Bertz CT molecular complexity index is 996. The third-order valence-corrected chi connectivity index (χ3v) is 6.97. The van der Waals surface area contributed by atoms with Gasteiger partial charge in [-0.1, -0.05) is 37.1 Å². The molecule has 1 aliphatic rings. The zero-order valence-corrected chi connectivity index (χ0v) is 16.8. The van der Waals surface area contributed by atoms with Gasteiger partial charge >= 0.3 is 0 Å². The summed E-state index contributed by atoms with van der Waals surface area (Å²) in [6.07, 6.45) is 6.96. The second-order valence-electron chi connectivity index (χ2n) is 7.32. The highest BCUT2D eigenvalue weighted by molar-refractivity contribution is 7.89. The first kappa shape index (κ1) is 19.6. The monoisotopic (exact) mass is 386 g/mol. The number of nitrogens with zero attached hydrogens (tertiary/aromatic N) is 1. The van der Waals surface area contributed by atoms with Gasteiger partial charge in [0.1, 0.15) is 0 Å². The minimum absolute atomic E-state index is 0.100. The minimum atomic E-state index is -3.46. The molecule has 1 fully saturated rings. The van der Waals surface area contributed by atoms with Gasteiger partial charge in [-0.25, -0.2) is 12.7 Å². The summed E-state index contributed by atoms with van der Waals surface area (Å²) in [6.45, 7) is 1.78. The maximum atomic E-state index is 12.3. The smallest absolute Gasteiger partial charge is 0.251 e. The Hall–Kier alpha value is -2.18. The molecular formula is C21H26N2O3S. The molecule has 0 amide bonds. The normalized spacial score (nSPS) is 16.2. The van der Waals surface area contributed by atoms with E-state index in [4.69, 9.17) is 0 Å². The van der Waals surface area contributed by atoms with Crippen molar-refractivity contribution in [3.63, 3.8) is 0 Å². The van der Waals surface area contributed by atoms with E-state index in [1.807, 2.05) is 24.3 Å². The summed E-state index contributed by atoms with van der Waals surface area (Å²) in [7, 11) is -0.424. The van der Waals surface area contributed by atoms with Crippen LogP contribution in [0.5, 0.6) is 0 Å². The van der Waals surface area contributed by atoms with E-state index in [2.05, 4.69) is 11.1 Å². The van der Waals surface area contributed by atoms with Crippen LogP contribution in [0.1, 0.15) is 42.5 Å². The number of aryl methyl sites for hydroxylation is 1. The molecule has 6 heteroatoms. The van der Waals surface area contributed by atoms with E-state index in [1.165, 1.54) is 31.2 Å². The van der Waals surface area contributed by atoms with Crippen LogP contribution in [0.2, 0.25) is 0 Å². The largest absolute Gasteiger partial charge is 0.322 e. The zero-order chi connectivity index (χ0) is 19.6. The van der Waals surface area contributed by atoms with Crippen LogP contribution in [-0.4, -0.2) is 31.8 Å². The SMILES string of the molecule is Cc1ccc(C(=CC2CCCC2)c2ccc(S(=O)(=O)N(C)C)cc2)[nH]c1=O. The fraction of sp³-hybridized carbons (Fsp3) is 0.381. The molecule has 144 valence electrons. The number of aromatic nitrogens is 1. The van der Waals surface area contributed by atoms with E-state index >= 15 is 0 Å². The maximum absolute atomic E-state index is 12.3. The Balaban J connectivity index is 2.05. The van der Waals surface area contributed by atoms with Gasteiger partial charge in [0.15, 0.2) is 0 Å². The summed E-state index contributed by atoms with van der Waals surface area (Å²) in [5, 5.41) is 0. The Kier molecular flexibility index (Phi) is 5.67. The molecule has 0 unspecified atom stereocenters. The molecule has 0 spiro atoms. The molecule has 1 heterocycles. The van der Waals surface area contributed by atoms with Crippen molar-refractivity contribution in [2.75, 3.05) is 14.1 Å². The van der Waals surface area contributed by atoms with Crippen molar-refractivity contribution >= 4 is 15.6 Å². The number of rotatable bonds is 5. The van der Waals surface area contributed by atoms with E-state index in [1.54, 1.807) is 19.1 Å². The van der Waals surface area contributed by atoms with Crippen molar-refractivity contribution in [2.24, 2.45) is 5.92 Å². The van der Waals surface area contributed by atoms with Crippen molar-refractivity contribution in [1.82, 2.24) is 9.29 Å². The summed E-state index contributed by atoms with van der Waals surface area (Å²) in [5.74, 6) is 0.481. The number of pyridine rings is 1. The molecule has 0 aliphatic heterocycles. The van der Waals surface area contributed by atoms with Crippen molar-refractivity contribution in [3.8, 4) is 0 Å². The molecule has 2 aromatic rings. The Labute approximate surface area is 160 Å². The molecule has 1 aromatic carbocycles. The van der Waals surface area contributed by atoms with Crippen molar-refractivity contribution < 1.29 is 8.42 Å². The van der Waals surface area contributed by atoms with Gasteiger partial charge in [0.25, 0.3) is 5.56 Å². The number of hydrogen-bond acceptors (Lipinski definition) is 3. The lowest BCUT2D eigenvalue weighted by Crippen LogP contribution is -2.22. The van der Waals surface area contributed by atoms with Crippen LogP contribution in [0.25, 0.3) is 5.57 Å². The van der Waals surface area contributed by atoms with Gasteiger partial charge in [-0.15, -0.1) is 0 Å².